The Kier molecular flexibility index (Phi) is 2.74. The highest BCUT2D eigenvalue weighted by Crippen LogP contribution is 2.27. The summed E-state index contributed by atoms with van der Waals surface area (Å²) in [6, 6.07) is 2.21. The average Bonchev–Trinajstić information content (AvgIpc) is 2.58. The number of nitrogens with zero attached hydrogens (tertiary/aromatic N) is 3. The van der Waals surface area contributed by atoms with Gasteiger partial charge in [-0.3, -0.25) is 9.67 Å². The standard InChI is InChI=1S/C9H7F3N4S/c1-5-14-15-8(17)16(5)6-2-3-7(13-4-6)9(10,11)12/h2-4H,1H3,(H,15,17). The lowest BCUT2D eigenvalue weighted by Gasteiger charge is -2.07. The number of hydrogen-bond acceptors (Lipinski definition) is 3. The van der Waals surface area contributed by atoms with Gasteiger partial charge in [0.25, 0.3) is 0 Å². The smallest absolute Gasteiger partial charge is 0.271 e. The highest BCUT2D eigenvalue weighted by molar-refractivity contribution is 7.71. The van der Waals surface area contributed by atoms with E-state index < -0.39 is 11.9 Å². The van der Waals surface area contributed by atoms with Crippen molar-refractivity contribution in [2.75, 3.05) is 0 Å². The maximum atomic E-state index is 12.3. The Balaban J connectivity index is 2.47. The van der Waals surface area contributed by atoms with Crippen molar-refractivity contribution in [3.63, 3.8) is 0 Å². The number of aromatic nitrogens is 4. The first-order valence-corrected chi connectivity index (χ1v) is 4.98. The average molecular weight is 260 g/mol. The summed E-state index contributed by atoms with van der Waals surface area (Å²) in [5.74, 6) is 0.552. The Morgan fingerprint density at radius 1 is 1.35 bits per heavy atom. The third-order valence-corrected chi connectivity index (χ3v) is 2.41. The van der Waals surface area contributed by atoms with Crippen molar-refractivity contribution in [1.29, 1.82) is 0 Å². The van der Waals surface area contributed by atoms with E-state index in [1.807, 2.05) is 0 Å². The van der Waals surface area contributed by atoms with Crippen molar-refractivity contribution in [2.24, 2.45) is 0 Å². The number of H-pyrrole nitrogens is 1. The zero-order valence-corrected chi connectivity index (χ0v) is 9.43. The lowest BCUT2D eigenvalue weighted by atomic mass is 10.3. The number of nitrogens with one attached hydrogen (secondary N) is 1. The van der Waals surface area contributed by atoms with E-state index in [4.69, 9.17) is 12.2 Å². The van der Waals surface area contributed by atoms with Crippen molar-refractivity contribution in [2.45, 2.75) is 13.1 Å². The lowest BCUT2D eigenvalue weighted by Crippen LogP contribution is -2.08. The van der Waals surface area contributed by atoms with Crippen molar-refractivity contribution < 1.29 is 13.2 Å². The second kappa shape index (κ2) is 3.95. The lowest BCUT2D eigenvalue weighted by molar-refractivity contribution is -0.141. The van der Waals surface area contributed by atoms with Crippen molar-refractivity contribution in [3.05, 3.63) is 34.6 Å². The zero-order chi connectivity index (χ0) is 12.6. The minimum absolute atomic E-state index is 0.309. The van der Waals surface area contributed by atoms with Crippen LogP contribution in [0.4, 0.5) is 13.2 Å². The van der Waals surface area contributed by atoms with Crippen LogP contribution in [0.5, 0.6) is 0 Å². The second-order valence-corrected chi connectivity index (χ2v) is 3.70. The van der Waals surface area contributed by atoms with Crippen molar-refractivity contribution in [1.82, 2.24) is 19.7 Å². The first-order valence-electron chi connectivity index (χ1n) is 4.57. The van der Waals surface area contributed by atoms with E-state index in [0.29, 0.717) is 16.3 Å². The van der Waals surface area contributed by atoms with Crippen LogP contribution in [-0.4, -0.2) is 19.7 Å². The number of alkyl halides is 3. The molecule has 2 aromatic rings. The molecule has 0 atom stereocenters. The molecule has 0 saturated heterocycles. The van der Waals surface area contributed by atoms with E-state index in [1.165, 1.54) is 10.6 Å². The fraction of sp³-hybridized carbons (Fsp3) is 0.222. The predicted octanol–water partition coefficient (Wildman–Crippen LogP) is 2.65. The van der Waals surface area contributed by atoms with E-state index in [9.17, 15) is 13.2 Å². The van der Waals surface area contributed by atoms with Gasteiger partial charge in [-0.25, -0.2) is 4.98 Å². The molecule has 0 radical (unpaired) electrons. The quantitative estimate of drug-likeness (QED) is 0.802. The molecule has 0 aromatic carbocycles. The van der Waals surface area contributed by atoms with Crippen molar-refractivity contribution >= 4 is 12.2 Å². The minimum Gasteiger partial charge on any atom is -0.271 e. The van der Waals surface area contributed by atoms with Crippen LogP contribution in [0.2, 0.25) is 0 Å². The minimum atomic E-state index is -4.44. The zero-order valence-electron chi connectivity index (χ0n) is 8.62. The molecular formula is C9H7F3N4S. The van der Waals surface area contributed by atoms with Gasteiger partial charge in [0.05, 0.1) is 11.9 Å². The van der Waals surface area contributed by atoms with E-state index in [-0.39, 0.29) is 0 Å². The molecule has 2 aromatic heterocycles. The van der Waals surface area contributed by atoms with Gasteiger partial charge in [0.2, 0.25) is 0 Å². The van der Waals surface area contributed by atoms with Crippen molar-refractivity contribution in [3.8, 4) is 5.69 Å². The molecular weight excluding hydrogens is 253 g/mol. The third-order valence-electron chi connectivity index (χ3n) is 2.14. The number of pyridine rings is 1. The SMILES string of the molecule is Cc1n[nH]c(=S)n1-c1ccc(C(F)(F)F)nc1. The Hall–Kier alpha value is -1.70. The molecule has 0 fully saturated rings. The number of aryl methyl sites for hydroxylation is 1. The summed E-state index contributed by atoms with van der Waals surface area (Å²) in [4.78, 5) is 3.35. The van der Waals surface area contributed by atoms with Crippen LogP contribution < -0.4 is 0 Å². The highest BCUT2D eigenvalue weighted by Gasteiger charge is 2.32. The first kappa shape index (κ1) is 11.8. The van der Waals surface area contributed by atoms with Crippen LogP contribution in [-0.2, 0) is 6.18 Å². The Labute approximate surface area is 99.1 Å². The molecule has 0 aliphatic rings. The Morgan fingerprint density at radius 2 is 2.06 bits per heavy atom. The molecule has 2 heterocycles. The fourth-order valence-electron chi connectivity index (χ4n) is 1.37. The van der Waals surface area contributed by atoms with Gasteiger partial charge in [0.15, 0.2) is 4.77 Å². The van der Waals surface area contributed by atoms with E-state index in [2.05, 4.69) is 15.2 Å². The molecule has 0 unspecified atom stereocenters. The monoisotopic (exact) mass is 260 g/mol. The molecule has 0 spiro atoms. The van der Waals surface area contributed by atoms with Gasteiger partial charge in [0, 0.05) is 0 Å². The molecule has 2 rings (SSSR count). The fourth-order valence-corrected chi connectivity index (χ4v) is 1.65. The molecule has 17 heavy (non-hydrogen) atoms. The Morgan fingerprint density at radius 3 is 2.47 bits per heavy atom. The molecule has 0 aliphatic carbocycles. The first-order chi connectivity index (χ1) is 7.89. The number of hydrogen-bond donors (Lipinski definition) is 1. The topological polar surface area (TPSA) is 46.5 Å². The highest BCUT2D eigenvalue weighted by atomic mass is 32.1. The summed E-state index contributed by atoms with van der Waals surface area (Å²) < 4.78 is 38.7. The molecule has 0 bridgehead atoms. The van der Waals surface area contributed by atoms with Crippen LogP contribution >= 0.6 is 12.2 Å². The van der Waals surface area contributed by atoms with Crippen LogP contribution in [0.15, 0.2) is 18.3 Å². The van der Waals surface area contributed by atoms with Crippen LogP contribution in [0.25, 0.3) is 5.69 Å². The third kappa shape index (κ3) is 2.21. The molecule has 0 saturated carbocycles. The van der Waals surface area contributed by atoms with Crippen LogP contribution in [0.3, 0.4) is 0 Å². The van der Waals surface area contributed by atoms with E-state index >= 15 is 0 Å². The predicted molar refractivity (Wildman–Crippen MR) is 56.3 cm³/mol. The van der Waals surface area contributed by atoms with E-state index in [0.717, 1.165) is 12.3 Å². The second-order valence-electron chi connectivity index (χ2n) is 3.31. The summed E-state index contributed by atoms with van der Waals surface area (Å²) in [7, 11) is 0. The Bertz CT molecular complexity index is 582. The summed E-state index contributed by atoms with van der Waals surface area (Å²) in [5.41, 5.74) is -0.497. The molecule has 0 amide bonds. The van der Waals surface area contributed by atoms with E-state index in [1.54, 1.807) is 6.92 Å². The molecule has 1 N–H and O–H groups in total. The van der Waals surface area contributed by atoms with Gasteiger partial charge in [0.1, 0.15) is 11.5 Å². The summed E-state index contributed by atoms with van der Waals surface area (Å²) in [5, 5.41) is 6.41. The molecule has 8 heteroatoms. The molecule has 4 nitrogen and oxygen atoms in total. The normalized spacial score (nSPS) is 11.8. The molecule has 0 aliphatic heterocycles. The van der Waals surface area contributed by atoms with Gasteiger partial charge in [-0.05, 0) is 31.3 Å². The van der Waals surface area contributed by atoms with Crippen LogP contribution in [0.1, 0.15) is 11.5 Å². The molecule has 90 valence electrons. The van der Waals surface area contributed by atoms with Gasteiger partial charge in [-0.2, -0.15) is 18.3 Å². The van der Waals surface area contributed by atoms with Gasteiger partial charge >= 0.3 is 6.18 Å². The van der Waals surface area contributed by atoms with Crippen LogP contribution in [0, 0.1) is 11.7 Å². The number of rotatable bonds is 1. The van der Waals surface area contributed by atoms with Gasteiger partial charge in [-0.15, -0.1) is 0 Å². The maximum absolute atomic E-state index is 12.3. The summed E-state index contributed by atoms with van der Waals surface area (Å²) >= 11 is 4.96. The summed E-state index contributed by atoms with van der Waals surface area (Å²) in [6.45, 7) is 1.68. The van der Waals surface area contributed by atoms with Gasteiger partial charge in [-0.1, -0.05) is 0 Å². The number of halogens is 3. The maximum Gasteiger partial charge on any atom is 0.433 e. The summed E-state index contributed by atoms with van der Waals surface area (Å²) in [6.07, 6.45) is -3.33. The van der Waals surface area contributed by atoms with Gasteiger partial charge < -0.3 is 0 Å². The number of aromatic amines is 1. The largest absolute Gasteiger partial charge is 0.433 e.